The number of rotatable bonds is 9. The number of hydrogen-bond donors (Lipinski definition) is 3. The van der Waals surface area contributed by atoms with Gasteiger partial charge in [0.2, 0.25) is 11.8 Å². The molecule has 294 valence electrons. The molecule has 3 amide bonds. The first-order valence-corrected chi connectivity index (χ1v) is 19.8. The average Bonchev–Trinajstić information content (AvgIpc) is 3.72. The van der Waals surface area contributed by atoms with Crippen LogP contribution in [0.1, 0.15) is 93.3 Å². The molecule has 2 saturated heterocycles. The minimum Gasteiger partial charge on any atom is -0.386 e. The predicted molar refractivity (Wildman–Crippen MR) is 215 cm³/mol. The maximum Gasteiger partial charge on any atom is 0.329 e. The molecule has 2 aliphatic heterocycles. The number of fused-ring (bicyclic) bond motifs is 2. The Morgan fingerprint density at radius 3 is 2.46 bits per heavy atom. The van der Waals surface area contributed by atoms with E-state index in [2.05, 4.69) is 49.4 Å². The Kier molecular flexibility index (Phi) is 10.0. The number of anilines is 2. The third-order valence-electron chi connectivity index (χ3n) is 12.2. The molecule has 3 fully saturated rings. The van der Waals surface area contributed by atoms with Crippen LogP contribution in [0.15, 0.2) is 65.7 Å². The van der Waals surface area contributed by atoms with Gasteiger partial charge in [0.1, 0.15) is 11.7 Å². The number of imide groups is 1. The maximum absolute atomic E-state index is 13.5. The normalized spacial score (nSPS) is 21.2. The molecule has 3 aromatic heterocycles. The van der Waals surface area contributed by atoms with Crippen LogP contribution in [0.4, 0.5) is 11.4 Å². The number of imidazole rings is 1. The molecule has 2 aromatic carbocycles. The summed E-state index contributed by atoms with van der Waals surface area (Å²) >= 11 is 0. The first-order chi connectivity index (χ1) is 26.9. The number of pyridine rings is 1. The van der Waals surface area contributed by atoms with E-state index in [-0.39, 0.29) is 30.0 Å². The molecule has 1 aliphatic carbocycles. The van der Waals surface area contributed by atoms with Gasteiger partial charge in [-0.2, -0.15) is 5.10 Å². The van der Waals surface area contributed by atoms with Gasteiger partial charge in [-0.1, -0.05) is 12.1 Å². The largest absolute Gasteiger partial charge is 0.386 e. The van der Waals surface area contributed by atoms with Gasteiger partial charge in [0, 0.05) is 68.2 Å². The number of aliphatic hydroxyl groups is 1. The lowest BCUT2D eigenvalue weighted by atomic mass is 9.85. The summed E-state index contributed by atoms with van der Waals surface area (Å²) in [4.78, 5) is 60.0. The molecule has 56 heavy (non-hydrogen) atoms. The molecule has 14 nitrogen and oxygen atoms in total. The summed E-state index contributed by atoms with van der Waals surface area (Å²) in [6, 6.07) is 14.9. The number of aryl methyl sites for hydroxylation is 1. The second kappa shape index (κ2) is 15.0. The zero-order valence-corrected chi connectivity index (χ0v) is 32.6. The first-order valence-electron chi connectivity index (χ1n) is 19.8. The third kappa shape index (κ3) is 7.23. The van der Waals surface area contributed by atoms with Gasteiger partial charge < -0.3 is 20.2 Å². The Hall–Kier alpha value is -5.34. The molecule has 8 rings (SSSR count). The lowest BCUT2D eigenvalue weighted by molar-refractivity contribution is -0.135. The molecule has 5 heterocycles. The Bertz CT molecular complexity index is 2340. The van der Waals surface area contributed by atoms with E-state index >= 15 is 0 Å². The molecule has 1 atom stereocenters. The van der Waals surface area contributed by atoms with Gasteiger partial charge in [-0.05, 0) is 108 Å². The smallest absolute Gasteiger partial charge is 0.329 e. The van der Waals surface area contributed by atoms with Crippen molar-refractivity contribution < 1.29 is 19.5 Å². The summed E-state index contributed by atoms with van der Waals surface area (Å²) in [5.41, 5.74) is 3.35. The van der Waals surface area contributed by atoms with E-state index in [9.17, 15) is 24.3 Å². The highest BCUT2D eigenvalue weighted by Crippen LogP contribution is 2.37. The van der Waals surface area contributed by atoms with Crippen LogP contribution in [0.2, 0.25) is 0 Å². The van der Waals surface area contributed by atoms with E-state index in [1.807, 2.05) is 24.3 Å². The average molecular weight is 762 g/mol. The molecule has 5 aromatic rings. The third-order valence-corrected chi connectivity index (χ3v) is 12.2. The molecule has 1 unspecified atom stereocenters. The Morgan fingerprint density at radius 1 is 1.00 bits per heavy atom. The molecule has 3 aliphatic rings. The lowest BCUT2D eigenvalue weighted by Gasteiger charge is -2.40. The summed E-state index contributed by atoms with van der Waals surface area (Å²) < 4.78 is 5.28. The van der Waals surface area contributed by atoms with E-state index in [0.717, 1.165) is 85.8 Å². The highest BCUT2D eigenvalue weighted by atomic mass is 16.3. The van der Waals surface area contributed by atoms with E-state index in [0.29, 0.717) is 35.3 Å². The van der Waals surface area contributed by atoms with Crippen molar-refractivity contribution in [3.05, 3.63) is 82.7 Å². The van der Waals surface area contributed by atoms with Crippen molar-refractivity contribution in [1.82, 2.24) is 34.1 Å². The minimum absolute atomic E-state index is 0.215. The van der Waals surface area contributed by atoms with Gasteiger partial charge in [0.25, 0.3) is 5.91 Å². The van der Waals surface area contributed by atoms with Crippen molar-refractivity contribution in [2.75, 3.05) is 36.9 Å². The van der Waals surface area contributed by atoms with E-state index < -0.39 is 17.6 Å². The van der Waals surface area contributed by atoms with Crippen LogP contribution < -0.4 is 21.2 Å². The van der Waals surface area contributed by atoms with Gasteiger partial charge in [-0.3, -0.25) is 38.5 Å². The summed E-state index contributed by atoms with van der Waals surface area (Å²) in [5, 5.41) is 22.2. The maximum atomic E-state index is 13.5. The van der Waals surface area contributed by atoms with Gasteiger partial charge in [-0.15, -0.1) is 0 Å². The van der Waals surface area contributed by atoms with Crippen molar-refractivity contribution in [3.63, 3.8) is 0 Å². The Balaban J connectivity index is 0.882. The van der Waals surface area contributed by atoms with Crippen LogP contribution in [-0.4, -0.2) is 84.4 Å². The van der Waals surface area contributed by atoms with Crippen molar-refractivity contribution in [1.29, 1.82) is 0 Å². The van der Waals surface area contributed by atoms with Crippen LogP contribution in [0, 0.1) is 5.92 Å². The number of hydrogen-bond acceptors (Lipinski definition) is 9. The minimum atomic E-state index is -1.19. The van der Waals surface area contributed by atoms with Crippen molar-refractivity contribution in [2.24, 2.45) is 13.0 Å². The van der Waals surface area contributed by atoms with Crippen molar-refractivity contribution >= 4 is 51.0 Å². The molecule has 0 radical (unpaired) electrons. The topological polar surface area (TPSA) is 160 Å². The monoisotopic (exact) mass is 761 g/mol. The standard InChI is InChI=1S/C42H51N9O5/c1-42(2,56)30-23-32-27(22-33(30)44-39(53)31-8-5-6-19-43-31)25-50(46-32)29-13-11-26(12-14-29)24-47(3)28-17-20-49(21-18-28)34-9-7-10-35-38(34)48(4)41(55)51(35)36-15-16-37(52)45-40(36)54/h5-10,19,22-23,25-26,28-29,36,56H,11-18,20-21,24H2,1-4H3,(H,44,53)(H,45,52,54)/t26-,29-,36?. The summed E-state index contributed by atoms with van der Waals surface area (Å²) in [6.45, 7) is 6.20. The fraction of sp³-hybridized carbons (Fsp3) is 0.476. The van der Waals surface area contributed by atoms with Crippen LogP contribution in [0.3, 0.4) is 0 Å². The lowest BCUT2D eigenvalue weighted by Crippen LogP contribution is -2.45. The van der Waals surface area contributed by atoms with Gasteiger partial charge in [-0.25, -0.2) is 4.79 Å². The second-order valence-corrected chi connectivity index (χ2v) is 16.4. The highest BCUT2D eigenvalue weighted by molar-refractivity contribution is 6.04. The molecule has 14 heteroatoms. The Morgan fingerprint density at radius 2 is 1.77 bits per heavy atom. The fourth-order valence-corrected chi connectivity index (χ4v) is 9.17. The summed E-state index contributed by atoms with van der Waals surface area (Å²) in [5.74, 6) is -0.450. The van der Waals surface area contributed by atoms with Crippen LogP contribution in [0.5, 0.6) is 0 Å². The molecular weight excluding hydrogens is 711 g/mol. The molecule has 1 saturated carbocycles. The van der Waals surface area contributed by atoms with Gasteiger partial charge in [0.05, 0.1) is 33.9 Å². The van der Waals surface area contributed by atoms with Crippen LogP contribution >= 0.6 is 0 Å². The van der Waals surface area contributed by atoms with E-state index in [4.69, 9.17) is 5.10 Å². The first kappa shape index (κ1) is 37.6. The summed E-state index contributed by atoms with van der Waals surface area (Å²) in [6.07, 6.45) is 10.5. The second-order valence-electron chi connectivity index (χ2n) is 16.4. The SMILES string of the molecule is CN(C[C@H]1CC[C@H](n2cc3cc(NC(=O)c4ccccn4)c(C(C)(C)O)cc3n2)CC1)C1CCN(c2cccc3c2n(C)c(=O)n3C2CCC(=O)NC2=O)CC1. The zero-order valence-electron chi connectivity index (χ0n) is 32.6. The highest BCUT2D eigenvalue weighted by Gasteiger charge is 2.33. The van der Waals surface area contributed by atoms with Gasteiger partial charge >= 0.3 is 5.69 Å². The number of nitrogens with zero attached hydrogens (tertiary/aromatic N) is 7. The predicted octanol–water partition coefficient (Wildman–Crippen LogP) is 4.87. The quantitative estimate of drug-likeness (QED) is 0.178. The fourth-order valence-electron chi connectivity index (χ4n) is 9.17. The number of aromatic nitrogens is 5. The van der Waals surface area contributed by atoms with E-state index in [1.54, 1.807) is 54.4 Å². The van der Waals surface area contributed by atoms with Crippen LogP contribution in [0.25, 0.3) is 21.9 Å². The number of para-hydroxylation sites is 1. The molecule has 0 bridgehead atoms. The summed E-state index contributed by atoms with van der Waals surface area (Å²) in [7, 11) is 4.01. The number of piperidine rings is 2. The number of carbonyl (C=O) groups is 3. The van der Waals surface area contributed by atoms with Crippen molar-refractivity contribution in [2.45, 2.75) is 88.9 Å². The van der Waals surface area contributed by atoms with Crippen molar-refractivity contribution in [3.8, 4) is 0 Å². The number of nitrogens with one attached hydrogen (secondary N) is 2. The van der Waals surface area contributed by atoms with E-state index in [1.165, 1.54) is 0 Å². The number of carbonyl (C=O) groups excluding carboxylic acids is 3. The Labute approximate surface area is 325 Å². The number of amides is 3. The zero-order chi connectivity index (χ0) is 39.3. The molecule has 3 N–H and O–H groups in total. The van der Waals surface area contributed by atoms with Crippen LogP contribution in [-0.2, 0) is 22.2 Å². The molecular formula is C42H51N9O5. The molecule has 0 spiro atoms. The van der Waals surface area contributed by atoms with Gasteiger partial charge in [0.15, 0.2) is 0 Å². The number of benzene rings is 2.